The third-order valence-electron chi connectivity index (χ3n) is 3.29. The molecular weight excluding hydrogens is 325 g/mol. The molecule has 3 N–H and O–H groups in total. The summed E-state index contributed by atoms with van der Waals surface area (Å²) in [5.74, 6) is 0.594. The zero-order valence-corrected chi connectivity index (χ0v) is 13.6. The van der Waals surface area contributed by atoms with Gasteiger partial charge in [0.25, 0.3) is 0 Å². The van der Waals surface area contributed by atoms with Gasteiger partial charge in [-0.15, -0.1) is 11.3 Å². The van der Waals surface area contributed by atoms with Gasteiger partial charge in [-0.25, -0.2) is 9.37 Å². The highest BCUT2D eigenvalue weighted by Gasteiger charge is 2.06. The third kappa shape index (κ3) is 3.91. The van der Waals surface area contributed by atoms with Crippen molar-refractivity contribution >= 4 is 22.9 Å². The first kappa shape index (κ1) is 16.0. The molecule has 0 aliphatic heterocycles. The van der Waals surface area contributed by atoms with Crippen LogP contribution in [0.2, 0.25) is 0 Å². The fourth-order valence-corrected chi connectivity index (χ4v) is 2.93. The van der Waals surface area contributed by atoms with Crippen LogP contribution in [-0.4, -0.2) is 4.98 Å². The van der Waals surface area contributed by atoms with Crippen molar-refractivity contribution < 1.29 is 9.13 Å². The maximum atomic E-state index is 13.2. The molecule has 4 nitrogen and oxygen atoms in total. The number of thiophene rings is 1. The maximum absolute atomic E-state index is 13.2. The quantitative estimate of drug-likeness (QED) is 0.697. The van der Waals surface area contributed by atoms with E-state index >= 15 is 0 Å². The van der Waals surface area contributed by atoms with Gasteiger partial charge in [0, 0.05) is 34.9 Å². The Kier molecular flexibility index (Phi) is 4.77. The number of anilines is 1. The minimum atomic E-state index is -0.323. The number of rotatable bonds is 6. The minimum Gasteiger partial charge on any atom is -0.447 e. The van der Waals surface area contributed by atoms with Gasteiger partial charge in [0.05, 0.1) is 0 Å². The van der Waals surface area contributed by atoms with E-state index in [0.717, 1.165) is 10.4 Å². The number of pyridine rings is 1. The fourth-order valence-electron chi connectivity index (χ4n) is 2.12. The smallest absolute Gasteiger partial charge is 0.181 e. The summed E-state index contributed by atoms with van der Waals surface area (Å²) in [6, 6.07) is 13.5. The number of hydrogen-bond donors (Lipinski definition) is 2. The van der Waals surface area contributed by atoms with Crippen LogP contribution in [-0.2, 0) is 6.54 Å². The number of aromatic nitrogens is 1. The van der Waals surface area contributed by atoms with E-state index in [1.165, 1.54) is 23.5 Å². The highest BCUT2D eigenvalue weighted by Crippen LogP contribution is 2.30. The molecular formula is C18H16FN3OS. The molecule has 3 rings (SSSR count). The molecule has 24 heavy (non-hydrogen) atoms. The molecule has 0 aliphatic rings. The zero-order chi connectivity index (χ0) is 16.9. The normalized spacial score (nSPS) is 10.4. The monoisotopic (exact) mass is 341 g/mol. The molecule has 0 unspecified atom stereocenters. The largest absolute Gasteiger partial charge is 0.447 e. The van der Waals surface area contributed by atoms with E-state index in [0.29, 0.717) is 28.9 Å². The van der Waals surface area contributed by atoms with Gasteiger partial charge in [0.2, 0.25) is 0 Å². The predicted molar refractivity (Wildman–Crippen MR) is 95.3 cm³/mol. The van der Waals surface area contributed by atoms with E-state index in [9.17, 15) is 4.39 Å². The molecule has 0 fully saturated rings. The third-order valence-corrected chi connectivity index (χ3v) is 4.25. The van der Waals surface area contributed by atoms with Crippen LogP contribution >= 0.6 is 11.3 Å². The molecule has 6 heteroatoms. The van der Waals surface area contributed by atoms with Crippen LogP contribution in [0.1, 0.15) is 10.4 Å². The molecule has 2 heterocycles. The number of nitrogen functional groups attached to an aromatic ring is 1. The lowest BCUT2D eigenvalue weighted by atomic mass is 10.2. The number of nitrogens with two attached hydrogens (primary N) is 1. The van der Waals surface area contributed by atoms with Gasteiger partial charge in [0.15, 0.2) is 5.06 Å². The second-order valence-corrected chi connectivity index (χ2v) is 6.18. The molecule has 122 valence electrons. The Bertz CT molecular complexity index is 863. The van der Waals surface area contributed by atoms with Crippen LogP contribution in [0.5, 0.6) is 10.8 Å². The predicted octanol–water partition coefficient (Wildman–Crippen LogP) is 4.42. The topological polar surface area (TPSA) is 60.2 Å². The fraction of sp³-hybridized carbons (Fsp3) is 0.0556. The number of nitrogens with one attached hydrogen (secondary N) is 1. The van der Waals surface area contributed by atoms with Gasteiger partial charge < -0.3 is 15.8 Å². The number of hydrogen-bond acceptors (Lipinski definition) is 5. The summed E-state index contributed by atoms with van der Waals surface area (Å²) in [7, 11) is 0. The van der Waals surface area contributed by atoms with Crippen molar-refractivity contribution in [2.24, 2.45) is 0 Å². The first-order valence-corrected chi connectivity index (χ1v) is 8.09. The summed E-state index contributed by atoms with van der Waals surface area (Å²) in [6.45, 7) is 4.57. The van der Waals surface area contributed by atoms with E-state index in [1.54, 1.807) is 18.3 Å². The van der Waals surface area contributed by atoms with Crippen LogP contribution in [0.25, 0.3) is 5.70 Å². The first-order chi connectivity index (χ1) is 11.6. The Balaban J connectivity index is 1.60. The van der Waals surface area contributed by atoms with Crippen molar-refractivity contribution in [2.45, 2.75) is 6.54 Å². The number of halogens is 1. The summed E-state index contributed by atoms with van der Waals surface area (Å²) >= 11 is 1.48. The van der Waals surface area contributed by atoms with Gasteiger partial charge in [-0.3, -0.25) is 0 Å². The molecule has 0 radical (unpaired) electrons. The van der Waals surface area contributed by atoms with Crippen molar-refractivity contribution in [1.82, 2.24) is 10.3 Å². The average molecular weight is 341 g/mol. The van der Waals surface area contributed by atoms with E-state index in [1.807, 2.05) is 24.3 Å². The first-order valence-electron chi connectivity index (χ1n) is 7.27. The van der Waals surface area contributed by atoms with Crippen LogP contribution in [0.3, 0.4) is 0 Å². The van der Waals surface area contributed by atoms with Gasteiger partial charge >= 0.3 is 0 Å². The second kappa shape index (κ2) is 7.14. The van der Waals surface area contributed by atoms with E-state index in [-0.39, 0.29) is 5.82 Å². The summed E-state index contributed by atoms with van der Waals surface area (Å²) in [5.41, 5.74) is 7.33. The lowest BCUT2D eigenvalue weighted by Crippen LogP contribution is -2.11. The number of benzene rings is 1. The van der Waals surface area contributed by atoms with E-state index in [4.69, 9.17) is 10.5 Å². The van der Waals surface area contributed by atoms with Crippen molar-refractivity contribution in [3.05, 3.63) is 77.6 Å². The Morgan fingerprint density at radius 3 is 2.92 bits per heavy atom. The lowest BCUT2D eigenvalue weighted by Gasteiger charge is -2.10. The SMILES string of the molecule is C=C(NCc1ccc(Oc2cccc(F)c2)s1)c1cccnc1N. The maximum Gasteiger partial charge on any atom is 0.181 e. The molecule has 0 bridgehead atoms. The Labute approximate surface area is 143 Å². The standard InChI is InChI=1S/C18H16FN3OS/c1-12(16-6-3-9-21-18(16)20)22-11-15-7-8-17(24-15)23-14-5-2-4-13(19)10-14/h2-10,22H,1,11H2,(H2,20,21). The average Bonchev–Trinajstić information content (AvgIpc) is 3.00. The summed E-state index contributed by atoms with van der Waals surface area (Å²) in [4.78, 5) is 5.10. The Morgan fingerprint density at radius 1 is 1.25 bits per heavy atom. The second-order valence-electron chi connectivity index (χ2n) is 5.05. The molecule has 0 saturated carbocycles. The molecule has 1 aromatic carbocycles. The highest BCUT2D eigenvalue weighted by molar-refractivity contribution is 7.13. The van der Waals surface area contributed by atoms with E-state index in [2.05, 4.69) is 16.9 Å². The molecule has 0 spiro atoms. The van der Waals surface area contributed by atoms with Crippen LogP contribution in [0.4, 0.5) is 10.2 Å². The summed E-state index contributed by atoms with van der Waals surface area (Å²) in [5, 5.41) is 3.92. The number of nitrogens with zero attached hydrogens (tertiary/aromatic N) is 1. The van der Waals surface area contributed by atoms with Crippen molar-refractivity contribution in [1.29, 1.82) is 0 Å². The van der Waals surface area contributed by atoms with Gasteiger partial charge in [-0.2, -0.15) is 0 Å². The zero-order valence-electron chi connectivity index (χ0n) is 12.8. The van der Waals surface area contributed by atoms with Crippen molar-refractivity contribution in [3.8, 4) is 10.8 Å². The molecule has 0 atom stereocenters. The molecule has 0 saturated heterocycles. The van der Waals surface area contributed by atoms with Gasteiger partial charge in [-0.05, 0) is 36.4 Å². The van der Waals surface area contributed by atoms with Crippen LogP contribution in [0, 0.1) is 5.82 Å². The molecule has 3 aromatic rings. The summed E-state index contributed by atoms with van der Waals surface area (Å²) < 4.78 is 18.8. The molecule has 0 amide bonds. The highest BCUT2D eigenvalue weighted by atomic mass is 32.1. The minimum absolute atomic E-state index is 0.323. The Hall–Kier alpha value is -2.86. The molecule has 2 aromatic heterocycles. The van der Waals surface area contributed by atoms with Crippen molar-refractivity contribution in [3.63, 3.8) is 0 Å². The lowest BCUT2D eigenvalue weighted by molar-refractivity contribution is 0.490. The number of ether oxygens (including phenoxy) is 1. The van der Waals surface area contributed by atoms with E-state index < -0.39 is 0 Å². The molecule has 0 aliphatic carbocycles. The Morgan fingerprint density at radius 2 is 2.12 bits per heavy atom. The van der Waals surface area contributed by atoms with Gasteiger partial charge in [-0.1, -0.05) is 12.6 Å². The van der Waals surface area contributed by atoms with Crippen LogP contribution in [0.15, 0.2) is 61.3 Å². The van der Waals surface area contributed by atoms with Crippen LogP contribution < -0.4 is 15.8 Å². The summed E-state index contributed by atoms with van der Waals surface area (Å²) in [6.07, 6.45) is 1.64. The van der Waals surface area contributed by atoms with Gasteiger partial charge in [0.1, 0.15) is 17.4 Å². The van der Waals surface area contributed by atoms with Crippen molar-refractivity contribution in [2.75, 3.05) is 5.73 Å².